The van der Waals surface area contributed by atoms with Crippen LogP contribution >= 0.6 is 12.2 Å². The fraction of sp³-hybridized carbons (Fsp3) is 0.300. The molecule has 3 rings (SSSR count). The van der Waals surface area contributed by atoms with Gasteiger partial charge in [0.2, 0.25) is 0 Å². The third kappa shape index (κ3) is 5.38. The van der Waals surface area contributed by atoms with Gasteiger partial charge in [-0.25, -0.2) is 0 Å². The number of nitrogens with zero attached hydrogens (tertiary/aromatic N) is 2. The largest absolute Gasteiger partial charge is 0.493 e. The topological polar surface area (TPSA) is 115 Å². The number of benzene rings is 2. The third-order valence-electron chi connectivity index (χ3n) is 4.65. The van der Waals surface area contributed by atoms with Crippen molar-refractivity contribution in [2.75, 3.05) is 50.7 Å². The van der Waals surface area contributed by atoms with Crippen molar-refractivity contribution in [3.05, 3.63) is 52.1 Å². The number of morpholine rings is 1. The van der Waals surface area contributed by atoms with Crippen LogP contribution in [0.3, 0.4) is 0 Å². The Hall–Kier alpha value is -3.44. The van der Waals surface area contributed by atoms with Crippen LogP contribution in [0.5, 0.6) is 11.5 Å². The monoisotopic (exact) mass is 446 g/mol. The first-order chi connectivity index (χ1) is 14.9. The van der Waals surface area contributed by atoms with Gasteiger partial charge in [-0.15, -0.1) is 0 Å². The van der Waals surface area contributed by atoms with Gasteiger partial charge in [-0.2, -0.15) is 0 Å². The predicted molar refractivity (Wildman–Crippen MR) is 119 cm³/mol. The molecule has 1 heterocycles. The summed E-state index contributed by atoms with van der Waals surface area (Å²) in [5.41, 5.74) is 1.16. The molecule has 1 saturated heterocycles. The summed E-state index contributed by atoms with van der Waals surface area (Å²) in [7, 11) is 2.97. The summed E-state index contributed by atoms with van der Waals surface area (Å²) in [6.45, 7) is 2.19. The van der Waals surface area contributed by atoms with E-state index in [1.807, 2.05) is 4.90 Å². The van der Waals surface area contributed by atoms with Gasteiger partial charge in [0.15, 0.2) is 16.6 Å². The first-order valence-electron chi connectivity index (χ1n) is 9.38. The van der Waals surface area contributed by atoms with Crippen molar-refractivity contribution < 1.29 is 23.9 Å². The number of anilines is 2. The molecule has 0 spiro atoms. The van der Waals surface area contributed by atoms with Gasteiger partial charge in [0.25, 0.3) is 11.6 Å². The predicted octanol–water partition coefficient (Wildman–Crippen LogP) is 2.58. The van der Waals surface area contributed by atoms with Gasteiger partial charge in [0, 0.05) is 30.4 Å². The molecular formula is C20H22N4O6S. The molecule has 1 fully saturated rings. The Kier molecular flexibility index (Phi) is 7.21. The van der Waals surface area contributed by atoms with E-state index in [1.54, 1.807) is 24.3 Å². The summed E-state index contributed by atoms with van der Waals surface area (Å²) in [6.07, 6.45) is 0. The van der Waals surface area contributed by atoms with Gasteiger partial charge >= 0.3 is 0 Å². The number of hydrogen-bond donors (Lipinski definition) is 2. The number of rotatable bonds is 6. The first-order valence-corrected chi connectivity index (χ1v) is 9.79. The highest BCUT2D eigenvalue weighted by molar-refractivity contribution is 7.80. The molecule has 1 aliphatic heterocycles. The zero-order chi connectivity index (χ0) is 22.4. The maximum absolute atomic E-state index is 12.5. The molecule has 2 aromatic rings. The van der Waals surface area contributed by atoms with Crippen LogP contribution in [0.4, 0.5) is 17.1 Å². The highest BCUT2D eigenvalue weighted by atomic mass is 32.1. The third-order valence-corrected chi connectivity index (χ3v) is 4.86. The lowest BCUT2D eigenvalue weighted by molar-refractivity contribution is -0.384. The summed E-state index contributed by atoms with van der Waals surface area (Å²) >= 11 is 5.19. The Bertz CT molecular complexity index is 994. The Balaban J connectivity index is 1.70. The van der Waals surface area contributed by atoms with Crippen molar-refractivity contribution in [1.82, 2.24) is 5.32 Å². The molecule has 0 bridgehead atoms. The van der Waals surface area contributed by atoms with E-state index < -0.39 is 10.8 Å². The average Bonchev–Trinajstić information content (AvgIpc) is 2.78. The quantitative estimate of drug-likeness (QED) is 0.392. The second-order valence-corrected chi connectivity index (χ2v) is 6.95. The van der Waals surface area contributed by atoms with Crippen molar-refractivity contribution in [2.24, 2.45) is 0 Å². The highest BCUT2D eigenvalue weighted by Crippen LogP contribution is 2.32. The van der Waals surface area contributed by atoms with Crippen LogP contribution in [0.1, 0.15) is 10.4 Å². The molecular weight excluding hydrogens is 424 g/mol. The second-order valence-electron chi connectivity index (χ2n) is 6.54. The molecule has 0 aromatic heterocycles. The Morgan fingerprint density at radius 1 is 1.13 bits per heavy atom. The van der Waals surface area contributed by atoms with Gasteiger partial charge in [-0.3, -0.25) is 20.2 Å². The Morgan fingerprint density at radius 3 is 2.48 bits per heavy atom. The summed E-state index contributed by atoms with van der Waals surface area (Å²) in [4.78, 5) is 25.5. The van der Waals surface area contributed by atoms with Crippen LogP contribution in [0.15, 0.2) is 36.4 Å². The molecule has 2 N–H and O–H groups in total. The number of carbonyl (C=O) groups is 1. The van der Waals surface area contributed by atoms with E-state index in [1.165, 1.54) is 26.4 Å². The van der Waals surface area contributed by atoms with Crippen molar-refractivity contribution in [3.63, 3.8) is 0 Å². The number of hydrogen-bond acceptors (Lipinski definition) is 8. The number of thiocarbonyl (C=S) groups is 1. The van der Waals surface area contributed by atoms with Gasteiger partial charge < -0.3 is 24.4 Å². The van der Waals surface area contributed by atoms with E-state index >= 15 is 0 Å². The molecule has 0 radical (unpaired) electrons. The highest BCUT2D eigenvalue weighted by Gasteiger charge is 2.22. The lowest BCUT2D eigenvalue weighted by Gasteiger charge is -2.28. The zero-order valence-electron chi connectivity index (χ0n) is 17.0. The minimum Gasteiger partial charge on any atom is -0.493 e. The van der Waals surface area contributed by atoms with Crippen LogP contribution in [0, 0.1) is 10.1 Å². The Morgan fingerprint density at radius 2 is 1.84 bits per heavy atom. The summed E-state index contributed by atoms with van der Waals surface area (Å²) < 4.78 is 15.7. The minimum absolute atomic E-state index is 0.00760. The molecule has 0 saturated carbocycles. The molecule has 10 nitrogen and oxygen atoms in total. The Labute approximate surface area is 184 Å². The van der Waals surface area contributed by atoms with Gasteiger partial charge in [-0.05, 0) is 42.5 Å². The van der Waals surface area contributed by atoms with E-state index in [0.29, 0.717) is 54.7 Å². The summed E-state index contributed by atoms with van der Waals surface area (Å²) in [5.74, 6) is 0.439. The van der Waals surface area contributed by atoms with Crippen molar-refractivity contribution in [3.8, 4) is 11.5 Å². The lowest BCUT2D eigenvalue weighted by atomic mass is 10.2. The molecule has 0 atom stereocenters. The van der Waals surface area contributed by atoms with Crippen molar-refractivity contribution >= 4 is 40.3 Å². The fourth-order valence-electron chi connectivity index (χ4n) is 3.13. The van der Waals surface area contributed by atoms with Gasteiger partial charge in [0.1, 0.15) is 5.69 Å². The van der Waals surface area contributed by atoms with Gasteiger partial charge in [-0.1, -0.05) is 0 Å². The van der Waals surface area contributed by atoms with Crippen molar-refractivity contribution in [2.45, 2.75) is 0 Å². The van der Waals surface area contributed by atoms with Crippen LogP contribution < -0.4 is 25.0 Å². The fourth-order valence-corrected chi connectivity index (χ4v) is 3.34. The number of methoxy groups -OCH3 is 2. The van der Waals surface area contributed by atoms with Crippen LogP contribution in [0.2, 0.25) is 0 Å². The summed E-state index contributed by atoms with van der Waals surface area (Å²) in [5, 5.41) is 16.9. The molecule has 1 aliphatic rings. The second kappa shape index (κ2) is 10.0. The van der Waals surface area contributed by atoms with Crippen LogP contribution in [-0.4, -0.2) is 56.5 Å². The minimum atomic E-state index is -0.460. The van der Waals surface area contributed by atoms with E-state index in [4.69, 9.17) is 26.4 Å². The summed E-state index contributed by atoms with van der Waals surface area (Å²) in [6, 6.07) is 9.43. The van der Waals surface area contributed by atoms with Crippen molar-refractivity contribution in [1.29, 1.82) is 0 Å². The smallest absolute Gasteiger partial charge is 0.294 e. The van der Waals surface area contributed by atoms with Crippen LogP contribution in [-0.2, 0) is 4.74 Å². The maximum atomic E-state index is 12.5. The molecule has 0 unspecified atom stereocenters. The van der Waals surface area contributed by atoms with Gasteiger partial charge in [0.05, 0.1) is 32.4 Å². The van der Waals surface area contributed by atoms with E-state index in [-0.39, 0.29) is 10.8 Å². The number of nitrogens with one attached hydrogen (secondary N) is 2. The van der Waals surface area contributed by atoms with E-state index in [9.17, 15) is 14.9 Å². The standard InChI is InChI=1S/C20H22N4O6S/c1-28-17-6-3-13(11-18(17)29-2)19(25)22-20(31)21-14-4-5-15(16(12-14)24(26)27)23-7-9-30-10-8-23/h3-6,11-12H,7-10H2,1-2H3,(H2,21,22,25,31). The lowest BCUT2D eigenvalue weighted by Crippen LogP contribution is -2.36. The molecule has 0 aliphatic carbocycles. The zero-order valence-corrected chi connectivity index (χ0v) is 17.9. The normalized spacial score (nSPS) is 13.3. The number of carbonyl (C=O) groups excluding carboxylic acids is 1. The number of ether oxygens (including phenoxy) is 3. The van der Waals surface area contributed by atoms with Crippen LogP contribution in [0.25, 0.3) is 0 Å². The average molecular weight is 446 g/mol. The van der Waals surface area contributed by atoms with E-state index in [0.717, 1.165) is 0 Å². The molecule has 2 aromatic carbocycles. The number of amides is 1. The SMILES string of the molecule is COc1ccc(C(=O)NC(=S)Nc2ccc(N3CCOCC3)c([N+](=O)[O-])c2)cc1OC. The number of nitro benzene ring substituents is 1. The molecule has 11 heteroatoms. The maximum Gasteiger partial charge on any atom is 0.294 e. The number of nitro groups is 1. The first kappa shape index (κ1) is 22.2. The molecule has 31 heavy (non-hydrogen) atoms. The molecule has 1 amide bonds. The van der Waals surface area contributed by atoms with E-state index in [2.05, 4.69) is 10.6 Å². The molecule has 164 valence electrons.